The normalized spacial score (nSPS) is 14.1. The second-order valence-electron chi connectivity index (χ2n) is 4.42. The van der Waals surface area contributed by atoms with Gasteiger partial charge in [-0.2, -0.15) is 4.98 Å². The summed E-state index contributed by atoms with van der Waals surface area (Å²) in [4.78, 5) is 12.8. The van der Waals surface area contributed by atoms with Crippen LogP contribution in [0, 0.1) is 6.20 Å². The van der Waals surface area contributed by atoms with Gasteiger partial charge in [-0.15, -0.1) is 0 Å². The number of hydrogen-bond donors (Lipinski definition) is 0. The largest absolute Gasteiger partial charge is 0.353 e. The fourth-order valence-corrected chi connectivity index (χ4v) is 2.01. The first kappa shape index (κ1) is 11.6. The summed E-state index contributed by atoms with van der Waals surface area (Å²) in [5.74, 6) is 0. The van der Waals surface area contributed by atoms with Crippen LogP contribution in [0.1, 0.15) is 5.69 Å². The number of pyridine rings is 1. The highest BCUT2D eigenvalue weighted by Gasteiger charge is 2.13. The third kappa shape index (κ3) is 3.07. The molecular weight excluding hydrogens is 238 g/mol. The molecule has 0 N–H and O–H groups in total. The average Bonchev–Trinajstić information content (AvgIpc) is 2.88. The van der Waals surface area contributed by atoms with Crippen LogP contribution in [0.5, 0.6) is 0 Å². The van der Waals surface area contributed by atoms with Gasteiger partial charge in [-0.25, -0.2) is 0 Å². The van der Waals surface area contributed by atoms with Crippen molar-refractivity contribution in [2.45, 2.75) is 13.2 Å². The molecule has 0 bridgehead atoms. The lowest BCUT2D eigenvalue weighted by molar-refractivity contribution is -0.720. The van der Waals surface area contributed by atoms with Crippen LogP contribution in [-0.4, -0.2) is 26.4 Å². The van der Waals surface area contributed by atoms with E-state index >= 15 is 0 Å². The maximum atomic E-state index is 4.34. The quantitative estimate of drug-likeness (QED) is 0.595. The Hall–Kier alpha value is -2.43. The molecule has 0 amide bonds. The maximum Gasteiger partial charge on any atom is 0.178 e. The number of aromatic nitrogens is 3. The Morgan fingerprint density at radius 1 is 1.21 bits per heavy atom. The van der Waals surface area contributed by atoms with E-state index < -0.39 is 0 Å². The van der Waals surface area contributed by atoms with Crippen LogP contribution in [0.4, 0.5) is 0 Å². The van der Waals surface area contributed by atoms with Gasteiger partial charge in [-0.3, -0.25) is 4.98 Å². The van der Waals surface area contributed by atoms with Gasteiger partial charge in [0.05, 0.1) is 18.9 Å². The van der Waals surface area contributed by atoms with E-state index in [0.29, 0.717) is 0 Å². The summed E-state index contributed by atoms with van der Waals surface area (Å²) in [6.07, 6.45) is 12.6. The molecule has 0 aromatic carbocycles. The lowest BCUT2D eigenvalue weighted by atomic mass is 10.3. The summed E-state index contributed by atoms with van der Waals surface area (Å²) in [6.45, 7) is 2.44. The van der Waals surface area contributed by atoms with Gasteiger partial charge in [0.1, 0.15) is 6.67 Å². The van der Waals surface area contributed by atoms with E-state index in [4.69, 9.17) is 0 Å². The van der Waals surface area contributed by atoms with E-state index in [1.54, 1.807) is 12.5 Å². The molecular formula is C14H15N5. The number of rotatable bonds is 4. The van der Waals surface area contributed by atoms with Crippen molar-refractivity contribution in [2.24, 2.45) is 0 Å². The molecule has 2 aromatic rings. The van der Waals surface area contributed by atoms with Crippen LogP contribution in [0.15, 0.2) is 55.4 Å². The summed E-state index contributed by atoms with van der Waals surface area (Å²) < 4.78 is 1.93. The fraction of sp³-hybridized carbons (Fsp3) is 0.214. The summed E-state index contributed by atoms with van der Waals surface area (Å²) in [6, 6.07) is 7.80. The zero-order chi connectivity index (χ0) is 12.9. The lowest BCUT2D eigenvalue weighted by Gasteiger charge is -2.20. The van der Waals surface area contributed by atoms with Crippen LogP contribution in [0.3, 0.4) is 0 Å². The summed E-state index contributed by atoms with van der Waals surface area (Å²) in [5.41, 5.74) is 1.08. The van der Waals surface area contributed by atoms with E-state index in [1.807, 2.05) is 35.0 Å². The van der Waals surface area contributed by atoms with Crippen LogP contribution in [0.25, 0.3) is 0 Å². The summed E-state index contributed by atoms with van der Waals surface area (Å²) in [7, 11) is 0. The molecule has 0 saturated heterocycles. The predicted octanol–water partition coefficient (Wildman–Crippen LogP) is 0.768. The van der Waals surface area contributed by atoms with Gasteiger partial charge in [-0.1, -0.05) is 12.1 Å². The molecule has 0 fully saturated rings. The van der Waals surface area contributed by atoms with Gasteiger partial charge in [0.15, 0.2) is 6.33 Å². The van der Waals surface area contributed by atoms with E-state index in [2.05, 4.69) is 38.4 Å². The molecule has 0 aliphatic carbocycles. The average molecular weight is 253 g/mol. The van der Waals surface area contributed by atoms with E-state index in [1.165, 1.54) is 0 Å². The Labute approximate surface area is 112 Å². The Morgan fingerprint density at radius 3 is 2.95 bits per heavy atom. The third-order valence-corrected chi connectivity index (χ3v) is 2.88. The van der Waals surface area contributed by atoms with Crippen molar-refractivity contribution in [2.75, 3.05) is 6.67 Å². The molecule has 3 rings (SSSR count). The van der Waals surface area contributed by atoms with Gasteiger partial charge in [-0.05, 0) is 12.1 Å². The minimum atomic E-state index is 0.753. The third-order valence-electron chi connectivity index (χ3n) is 2.88. The van der Waals surface area contributed by atoms with Crippen LogP contribution in [0.2, 0.25) is 0 Å². The standard InChI is InChI=1S/C14H15N5/c1-2-6-16-14(4-1)10-17-8-9-19(12-17)13-18-7-3-5-15-11-18/h1-6,8-9,11H,10,12-13H2. The molecule has 96 valence electrons. The van der Waals surface area contributed by atoms with Crippen molar-refractivity contribution < 1.29 is 4.57 Å². The Morgan fingerprint density at radius 2 is 2.16 bits per heavy atom. The zero-order valence-electron chi connectivity index (χ0n) is 10.6. The van der Waals surface area contributed by atoms with Crippen molar-refractivity contribution in [1.82, 2.24) is 19.8 Å². The van der Waals surface area contributed by atoms with Crippen LogP contribution in [-0.2, 0) is 13.2 Å². The van der Waals surface area contributed by atoms with Gasteiger partial charge < -0.3 is 14.4 Å². The molecule has 0 unspecified atom stereocenters. The van der Waals surface area contributed by atoms with Gasteiger partial charge in [0, 0.05) is 31.0 Å². The monoisotopic (exact) mass is 253 g/mol. The smallest absolute Gasteiger partial charge is 0.178 e. The predicted molar refractivity (Wildman–Crippen MR) is 68.9 cm³/mol. The first-order chi connectivity index (χ1) is 9.40. The van der Waals surface area contributed by atoms with Crippen molar-refractivity contribution in [3.63, 3.8) is 0 Å². The SMILES string of the molecule is [c-]1ccnc[n+]1CN1C=CN(Cc2ccccn2)C1. The van der Waals surface area contributed by atoms with Gasteiger partial charge in [0.25, 0.3) is 0 Å². The molecule has 0 spiro atoms. The highest BCUT2D eigenvalue weighted by molar-refractivity contribution is 5.05. The first-order valence-corrected chi connectivity index (χ1v) is 6.18. The molecule has 0 atom stereocenters. The highest BCUT2D eigenvalue weighted by atomic mass is 15.4. The molecule has 19 heavy (non-hydrogen) atoms. The van der Waals surface area contributed by atoms with Crippen LogP contribution >= 0.6 is 0 Å². The minimum Gasteiger partial charge on any atom is -0.353 e. The van der Waals surface area contributed by atoms with Crippen molar-refractivity contribution >= 4 is 0 Å². The lowest BCUT2D eigenvalue weighted by Crippen LogP contribution is -2.42. The van der Waals surface area contributed by atoms with E-state index in [-0.39, 0.29) is 0 Å². The Kier molecular flexibility index (Phi) is 3.36. The van der Waals surface area contributed by atoms with Crippen molar-refractivity contribution in [3.05, 3.63) is 67.3 Å². The molecule has 1 aliphatic rings. The molecule has 5 heteroatoms. The highest BCUT2D eigenvalue weighted by Crippen LogP contribution is 2.09. The van der Waals surface area contributed by atoms with E-state index in [9.17, 15) is 0 Å². The molecule has 2 aromatic heterocycles. The van der Waals surface area contributed by atoms with Crippen molar-refractivity contribution in [3.8, 4) is 0 Å². The molecule has 0 saturated carbocycles. The zero-order valence-corrected chi connectivity index (χ0v) is 10.6. The summed E-state index contributed by atoms with van der Waals surface area (Å²) in [5, 5.41) is 0. The fourth-order valence-electron chi connectivity index (χ4n) is 2.01. The summed E-state index contributed by atoms with van der Waals surface area (Å²) >= 11 is 0. The number of hydrogen-bond acceptors (Lipinski definition) is 4. The van der Waals surface area contributed by atoms with E-state index in [0.717, 1.165) is 25.6 Å². The molecule has 1 aliphatic heterocycles. The topological polar surface area (TPSA) is 36.1 Å². The Balaban J connectivity index is 1.55. The minimum absolute atomic E-state index is 0.753. The second-order valence-corrected chi connectivity index (χ2v) is 4.42. The number of nitrogens with zero attached hydrogens (tertiary/aromatic N) is 5. The maximum absolute atomic E-state index is 4.34. The molecule has 0 radical (unpaired) electrons. The Bertz CT molecular complexity index is 491. The second kappa shape index (κ2) is 5.48. The molecule has 3 heterocycles. The molecule has 5 nitrogen and oxygen atoms in total. The van der Waals surface area contributed by atoms with Crippen LogP contribution < -0.4 is 4.57 Å². The van der Waals surface area contributed by atoms with Crippen molar-refractivity contribution in [1.29, 1.82) is 0 Å². The van der Waals surface area contributed by atoms with Gasteiger partial charge >= 0.3 is 0 Å². The first-order valence-electron chi connectivity index (χ1n) is 6.18. The van der Waals surface area contributed by atoms with Gasteiger partial charge in [0.2, 0.25) is 0 Å².